The Kier molecular flexibility index (Phi) is 4.66. The van der Waals surface area contributed by atoms with Crippen LogP contribution in [0.1, 0.15) is 17.0 Å². The molecule has 0 saturated heterocycles. The summed E-state index contributed by atoms with van der Waals surface area (Å²) in [5.41, 5.74) is 10.2. The smallest absolute Gasteiger partial charge is 0.149 e. The molecule has 0 aliphatic carbocycles. The molecule has 1 aromatic carbocycles. The Labute approximate surface area is 145 Å². The SMILES string of the molecule is CSc1ccc(/C=N/c2cc(-c3c(C)noc3C)cnc2N)cc1. The number of aryl methyl sites for hydroxylation is 2. The highest BCUT2D eigenvalue weighted by Crippen LogP contribution is 2.31. The molecule has 5 nitrogen and oxygen atoms in total. The van der Waals surface area contributed by atoms with Gasteiger partial charge < -0.3 is 10.3 Å². The fourth-order valence-electron chi connectivity index (χ4n) is 2.43. The van der Waals surface area contributed by atoms with Crippen molar-refractivity contribution in [3.8, 4) is 11.1 Å². The van der Waals surface area contributed by atoms with E-state index in [1.54, 1.807) is 24.2 Å². The molecule has 6 heteroatoms. The molecule has 2 N–H and O–H groups in total. The number of benzene rings is 1. The Morgan fingerprint density at radius 2 is 1.96 bits per heavy atom. The van der Waals surface area contributed by atoms with Crippen molar-refractivity contribution in [2.75, 3.05) is 12.0 Å². The second-order valence-electron chi connectivity index (χ2n) is 5.36. The van der Waals surface area contributed by atoms with Crippen LogP contribution < -0.4 is 5.73 Å². The standard InChI is InChI=1S/C18H18N4OS/c1-11-17(12(2)23-22-11)14-8-16(18(19)21-10-14)20-9-13-4-6-15(24-3)7-5-13/h4-10H,1-3H3,(H2,19,21)/b20-9+. The normalized spacial score (nSPS) is 11.3. The van der Waals surface area contributed by atoms with Crippen LogP contribution in [-0.2, 0) is 0 Å². The van der Waals surface area contributed by atoms with Gasteiger partial charge in [-0.3, -0.25) is 4.99 Å². The first-order valence-electron chi connectivity index (χ1n) is 7.45. The zero-order valence-electron chi connectivity index (χ0n) is 13.8. The van der Waals surface area contributed by atoms with E-state index in [1.165, 1.54) is 4.90 Å². The van der Waals surface area contributed by atoms with Crippen LogP contribution >= 0.6 is 11.8 Å². The van der Waals surface area contributed by atoms with Crippen molar-refractivity contribution in [3.05, 3.63) is 53.5 Å². The molecule has 0 atom stereocenters. The zero-order valence-corrected chi connectivity index (χ0v) is 14.6. The number of rotatable bonds is 4. The summed E-state index contributed by atoms with van der Waals surface area (Å²) in [6.07, 6.45) is 5.55. The van der Waals surface area contributed by atoms with Crippen LogP contribution in [-0.4, -0.2) is 22.6 Å². The van der Waals surface area contributed by atoms with E-state index in [0.29, 0.717) is 11.5 Å². The molecule has 0 bridgehead atoms. The minimum Gasteiger partial charge on any atom is -0.382 e. The number of hydrogen-bond donors (Lipinski definition) is 1. The Bertz CT molecular complexity index is 865. The topological polar surface area (TPSA) is 77.3 Å². The summed E-state index contributed by atoms with van der Waals surface area (Å²) < 4.78 is 5.22. The van der Waals surface area contributed by atoms with Crippen LogP contribution in [0.3, 0.4) is 0 Å². The van der Waals surface area contributed by atoms with Gasteiger partial charge in [-0.2, -0.15) is 0 Å². The Hall–Kier alpha value is -2.60. The fourth-order valence-corrected chi connectivity index (χ4v) is 2.84. The number of nitrogens with two attached hydrogens (primary N) is 1. The van der Waals surface area contributed by atoms with E-state index in [4.69, 9.17) is 10.3 Å². The molecule has 3 rings (SSSR count). The molecule has 0 aliphatic heterocycles. The second kappa shape index (κ2) is 6.88. The van der Waals surface area contributed by atoms with Gasteiger partial charge in [0.25, 0.3) is 0 Å². The number of pyridine rings is 1. The average Bonchev–Trinajstić information content (AvgIpc) is 2.93. The molecule has 2 heterocycles. The first kappa shape index (κ1) is 16.3. The summed E-state index contributed by atoms with van der Waals surface area (Å²) in [7, 11) is 0. The largest absolute Gasteiger partial charge is 0.382 e. The van der Waals surface area contributed by atoms with E-state index in [9.17, 15) is 0 Å². The van der Waals surface area contributed by atoms with Crippen LogP contribution in [0.25, 0.3) is 11.1 Å². The van der Waals surface area contributed by atoms with Crippen molar-refractivity contribution in [2.24, 2.45) is 4.99 Å². The first-order chi connectivity index (χ1) is 11.6. The van der Waals surface area contributed by atoms with E-state index in [-0.39, 0.29) is 0 Å². The van der Waals surface area contributed by atoms with Gasteiger partial charge in [-0.25, -0.2) is 4.98 Å². The molecular formula is C18H18N4OS. The van der Waals surface area contributed by atoms with Gasteiger partial charge in [0.2, 0.25) is 0 Å². The molecule has 0 aliphatic rings. The lowest BCUT2D eigenvalue weighted by molar-refractivity contribution is 0.393. The lowest BCUT2D eigenvalue weighted by Crippen LogP contribution is -1.92. The van der Waals surface area contributed by atoms with Crippen molar-refractivity contribution in [3.63, 3.8) is 0 Å². The van der Waals surface area contributed by atoms with E-state index in [1.807, 2.05) is 32.0 Å². The van der Waals surface area contributed by atoms with Gasteiger partial charge in [0.05, 0.1) is 5.69 Å². The average molecular weight is 338 g/mol. The monoisotopic (exact) mass is 338 g/mol. The predicted molar refractivity (Wildman–Crippen MR) is 99.1 cm³/mol. The van der Waals surface area contributed by atoms with Crippen molar-refractivity contribution >= 4 is 29.5 Å². The van der Waals surface area contributed by atoms with Crippen LogP contribution in [0.4, 0.5) is 11.5 Å². The van der Waals surface area contributed by atoms with Crippen LogP contribution in [0, 0.1) is 13.8 Å². The molecule has 2 aromatic heterocycles. The number of hydrogen-bond acceptors (Lipinski definition) is 6. The van der Waals surface area contributed by atoms with E-state index in [0.717, 1.165) is 28.1 Å². The van der Waals surface area contributed by atoms with Crippen LogP contribution in [0.5, 0.6) is 0 Å². The summed E-state index contributed by atoms with van der Waals surface area (Å²) in [4.78, 5) is 9.96. The van der Waals surface area contributed by atoms with E-state index < -0.39 is 0 Å². The molecule has 0 fully saturated rings. The summed E-state index contributed by atoms with van der Waals surface area (Å²) in [5.74, 6) is 1.14. The van der Waals surface area contributed by atoms with E-state index in [2.05, 4.69) is 33.5 Å². The van der Waals surface area contributed by atoms with Crippen LogP contribution in [0.2, 0.25) is 0 Å². The molecule has 0 amide bonds. The van der Waals surface area contributed by atoms with E-state index >= 15 is 0 Å². The summed E-state index contributed by atoms with van der Waals surface area (Å²) in [6.45, 7) is 3.78. The maximum Gasteiger partial charge on any atom is 0.149 e. The lowest BCUT2D eigenvalue weighted by atomic mass is 10.1. The van der Waals surface area contributed by atoms with Crippen LogP contribution in [0.15, 0.2) is 50.9 Å². The van der Waals surface area contributed by atoms with Gasteiger partial charge in [0.15, 0.2) is 0 Å². The number of nitrogens with zero attached hydrogens (tertiary/aromatic N) is 3. The third-order valence-corrected chi connectivity index (χ3v) is 4.43. The zero-order chi connectivity index (χ0) is 17.1. The Morgan fingerprint density at radius 1 is 1.21 bits per heavy atom. The number of thioether (sulfide) groups is 1. The van der Waals surface area contributed by atoms with Crippen molar-refractivity contribution in [2.45, 2.75) is 18.7 Å². The van der Waals surface area contributed by atoms with Gasteiger partial charge in [-0.1, -0.05) is 17.3 Å². The molecule has 0 saturated carbocycles. The first-order valence-corrected chi connectivity index (χ1v) is 8.68. The molecule has 3 aromatic rings. The summed E-state index contributed by atoms with van der Waals surface area (Å²) >= 11 is 1.71. The van der Waals surface area contributed by atoms with Crippen molar-refractivity contribution in [1.29, 1.82) is 0 Å². The van der Waals surface area contributed by atoms with Gasteiger partial charge >= 0.3 is 0 Å². The van der Waals surface area contributed by atoms with Crippen molar-refractivity contribution in [1.82, 2.24) is 10.1 Å². The minimum atomic E-state index is 0.391. The van der Waals surface area contributed by atoms with Gasteiger partial charge in [0.1, 0.15) is 17.3 Å². The second-order valence-corrected chi connectivity index (χ2v) is 6.24. The third-order valence-electron chi connectivity index (χ3n) is 3.69. The molecular weight excluding hydrogens is 320 g/mol. The summed E-state index contributed by atoms with van der Waals surface area (Å²) in [6, 6.07) is 10.1. The van der Waals surface area contributed by atoms with Gasteiger partial charge in [-0.05, 0) is 43.9 Å². The number of nitrogen functional groups attached to an aromatic ring is 1. The number of aliphatic imine (C=N–C) groups is 1. The molecule has 24 heavy (non-hydrogen) atoms. The number of anilines is 1. The Morgan fingerprint density at radius 3 is 2.58 bits per heavy atom. The van der Waals surface area contributed by atoms with Gasteiger partial charge in [0, 0.05) is 28.4 Å². The minimum absolute atomic E-state index is 0.391. The third kappa shape index (κ3) is 3.33. The van der Waals surface area contributed by atoms with Crippen molar-refractivity contribution < 1.29 is 4.52 Å². The number of aromatic nitrogens is 2. The summed E-state index contributed by atoms with van der Waals surface area (Å²) in [5, 5.41) is 3.98. The molecule has 0 unspecified atom stereocenters. The Balaban J connectivity index is 1.93. The molecule has 122 valence electrons. The maximum absolute atomic E-state index is 5.96. The van der Waals surface area contributed by atoms with Gasteiger partial charge in [-0.15, -0.1) is 11.8 Å². The fraction of sp³-hybridized carbons (Fsp3) is 0.167. The maximum atomic E-state index is 5.96. The molecule has 0 radical (unpaired) electrons. The highest BCUT2D eigenvalue weighted by atomic mass is 32.2. The lowest BCUT2D eigenvalue weighted by Gasteiger charge is -2.04. The quantitative estimate of drug-likeness (QED) is 0.563. The predicted octanol–water partition coefficient (Wildman–Crippen LogP) is 4.41. The highest BCUT2D eigenvalue weighted by Gasteiger charge is 2.13. The highest BCUT2D eigenvalue weighted by molar-refractivity contribution is 7.98. The molecule has 0 spiro atoms.